The maximum absolute atomic E-state index is 12.4. The average Bonchev–Trinajstić information content (AvgIpc) is 3.18. The van der Waals surface area contributed by atoms with Gasteiger partial charge in [-0.1, -0.05) is 6.07 Å². The first-order chi connectivity index (χ1) is 14.9. The minimum atomic E-state index is -0.557. The van der Waals surface area contributed by atoms with Crippen LogP contribution in [-0.2, 0) is 21.4 Å². The molecule has 1 aliphatic rings. The summed E-state index contributed by atoms with van der Waals surface area (Å²) in [5.74, 6) is 0.557. The highest BCUT2D eigenvalue weighted by Gasteiger charge is 2.34. The molecule has 1 aromatic carbocycles. The van der Waals surface area contributed by atoms with Crippen molar-refractivity contribution in [2.45, 2.75) is 51.2 Å². The van der Waals surface area contributed by atoms with Gasteiger partial charge in [0.25, 0.3) is 0 Å². The molecule has 1 saturated carbocycles. The first-order valence-electron chi connectivity index (χ1n) is 10.3. The van der Waals surface area contributed by atoms with Crippen LogP contribution in [0.15, 0.2) is 30.6 Å². The number of nitrogens with zero attached hydrogens (tertiary/aromatic N) is 2. The highest BCUT2D eigenvalue weighted by Crippen LogP contribution is 2.38. The molecule has 31 heavy (non-hydrogen) atoms. The molecule has 1 aromatic heterocycles. The first-order valence-corrected chi connectivity index (χ1v) is 10.3. The number of aryl methyl sites for hydroxylation is 1. The number of imidazole rings is 1. The molecule has 1 N–H and O–H groups in total. The lowest BCUT2D eigenvalue weighted by molar-refractivity contribution is -0.148. The fraction of sp³-hybridized carbons (Fsp3) is 0.500. The van der Waals surface area contributed by atoms with E-state index in [0.717, 1.165) is 5.56 Å². The van der Waals surface area contributed by atoms with Crippen molar-refractivity contribution in [3.05, 3.63) is 42.0 Å². The van der Waals surface area contributed by atoms with Crippen molar-refractivity contribution in [3.63, 3.8) is 0 Å². The number of ether oxygens (including phenoxy) is 3. The van der Waals surface area contributed by atoms with Crippen LogP contribution >= 0.6 is 0 Å². The van der Waals surface area contributed by atoms with Crippen LogP contribution < -0.4 is 15.0 Å². The minimum absolute atomic E-state index is 0.0719. The Morgan fingerprint density at radius 1 is 1.26 bits per heavy atom. The molecule has 3 unspecified atom stereocenters. The van der Waals surface area contributed by atoms with Crippen molar-refractivity contribution < 1.29 is 28.6 Å². The van der Waals surface area contributed by atoms with E-state index >= 15 is 0 Å². The predicted octanol–water partition coefficient (Wildman–Crippen LogP) is 2.76. The lowest BCUT2D eigenvalue weighted by Gasteiger charge is -2.36. The van der Waals surface area contributed by atoms with E-state index in [-0.39, 0.29) is 29.9 Å². The molecule has 3 atom stereocenters. The first kappa shape index (κ1) is 22.6. The quantitative estimate of drug-likeness (QED) is 0.503. The summed E-state index contributed by atoms with van der Waals surface area (Å²) in [7, 11) is 3.32. The summed E-state index contributed by atoms with van der Waals surface area (Å²) < 4.78 is 18.2. The Kier molecular flexibility index (Phi) is 7.51. The zero-order valence-corrected chi connectivity index (χ0v) is 18.3. The highest BCUT2D eigenvalue weighted by atomic mass is 16.7. The number of hydrogen-bond donors (Lipinski definition) is 1. The van der Waals surface area contributed by atoms with Crippen molar-refractivity contribution in [1.82, 2.24) is 15.0 Å². The molecule has 1 heterocycles. The molecule has 1 aliphatic carbocycles. The second-order valence-corrected chi connectivity index (χ2v) is 7.47. The molecular formula is C22H29N3O6. The van der Waals surface area contributed by atoms with E-state index in [1.165, 1.54) is 13.1 Å². The molecule has 168 valence electrons. The van der Waals surface area contributed by atoms with E-state index in [4.69, 9.17) is 19.0 Å². The standard InChI is InChI=1S/C22H29N3O6/c1-5-29-20-12-15(6-9-19(20)28-4)17-13-16(30-14(2)26)7-8-18(17)24-31-22(27)21-23-10-11-25(21)3/h6,9-12,16-18,24H,5,7-8,13H2,1-4H3. The molecule has 0 amide bonds. The number of rotatable bonds is 8. The van der Waals surface area contributed by atoms with Crippen LogP contribution in [-0.4, -0.2) is 47.4 Å². The molecular weight excluding hydrogens is 402 g/mol. The molecule has 0 bridgehead atoms. The van der Waals surface area contributed by atoms with Crippen molar-refractivity contribution in [3.8, 4) is 11.5 Å². The average molecular weight is 431 g/mol. The number of methoxy groups -OCH3 is 1. The molecule has 0 saturated heterocycles. The van der Waals surface area contributed by atoms with Gasteiger partial charge in [0.1, 0.15) is 6.10 Å². The summed E-state index contributed by atoms with van der Waals surface area (Å²) in [6, 6.07) is 5.57. The third-order valence-corrected chi connectivity index (χ3v) is 5.36. The zero-order chi connectivity index (χ0) is 22.4. The van der Waals surface area contributed by atoms with Crippen molar-refractivity contribution in [2.75, 3.05) is 13.7 Å². The van der Waals surface area contributed by atoms with E-state index in [9.17, 15) is 9.59 Å². The number of aromatic nitrogens is 2. The second-order valence-electron chi connectivity index (χ2n) is 7.47. The van der Waals surface area contributed by atoms with Gasteiger partial charge in [0.15, 0.2) is 11.5 Å². The maximum atomic E-state index is 12.4. The number of hydrogen-bond acceptors (Lipinski definition) is 8. The van der Waals surface area contributed by atoms with E-state index < -0.39 is 5.97 Å². The Balaban J connectivity index is 1.80. The summed E-state index contributed by atoms with van der Waals surface area (Å²) in [6.45, 7) is 3.82. The summed E-state index contributed by atoms with van der Waals surface area (Å²) in [4.78, 5) is 33.2. The minimum Gasteiger partial charge on any atom is -0.493 e. The maximum Gasteiger partial charge on any atom is 0.393 e. The smallest absolute Gasteiger partial charge is 0.393 e. The van der Waals surface area contributed by atoms with Gasteiger partial charge in [0.2, 0.25) is 5.82 Å². The number of carbonyl (C=O) groups excluding carboxylic acids is 2. The van der Waals surface area contributed by atoms with Gasteiger partial charge < -0.3 is 23.6 Å². The topological polar surface area (TPSA) is 101 Å². The fourth-order valence-corrected chi connectivity index (χ4v) is 3.91. The van der Waals surface area contributed by atoms with Crippen LogP contribution in [0.2, 0.25) is 0 Å². The second kappa shape index (κ2) is 10.3. The fourth-order valence-electron chi connectivity index (χ4n) is 3.91. The van der Waals surface area contributed by atoms with Crippen LogP contribution in [0.3, 0.4) is 0 Å². The molecule has 9 heteroatoms. The summed E-state index contributed by atoms with van der Waals surface area (Å²) in [5.41, 5.74) is 3.90. The lowest BCUT2D eigenvalue weighted by atomic mass is 9.79. The van der Waals surface area contributed by atoms with Crippen molar-refractivity contribution >= 4 is 11.9 Å². The van der Waals surface area contributed by atoms with Gasteiger partial charge in [-0.15, -0.1) is 5.48 Å². The number of carbonyl (C=O) groups is 2. The van der Waals surface area contributed by atoms with Crippen LogP contribution in [0.4, 0.5) is 0 Å². The Morgan fingerprint density at radius 3 is 2.71 bits per heavy atom. The van der Waals surface area contributed by atoms with Gasteiger partial charge in [0, 0.05) is 32.3 Å². The largest absolute Gasteiger partial charge is 0.493 e. The normalized spacial score (nSPS) is 20.7. The van der Waals surface area contributed by atoms with E-state index in [1.807, 2.05) is 25.1 Å². The predicted molar refractivity (Wildman–Crippen MR) is 112 cm³/mol. The molecule has 3 rings (SSSR count). The van der Waals surface area contributed by atoms with E-state index in [1.54, 1.807) is 24.9 Å². The number of hydroxylamine groups is 1. The van der Waals surface area contributed by atoms with Crippen molar-refractivity contribution in [1.29, 1.82) is 0 Å². The van der Waals surface area contributed by atoms with Gasteiger partial charge in [-0.3, -0.25) is 4.79 Å². The Morgan fingerprint density at radius 2 is 2.06 bits per heavy atom. The molecule has 2 aromatic rings. The lowest BCUT2D eigenvalue weighted by Crippen LogP contribution is -2.42. The zero-order valence-electron chi connectivity index (χ0n) is 18.3. The van der Waals surface area contributed by atoms with Gasteiger partial charge in [0.05, 0.1) is 19.8 Å². The van der Waals surface area contributed by atoms with Crippen LogP contribution in [0.1, 0.15) is 55.2 Å². The van der Waals surface area contributed by atoms with Gasteiger partial charge in [-0.05, 0) is 43.9 Å². The van der Waals surface area contributed by atoms with Gasteiger partial charge in [-0.2, -0.15) is 0 Å². The Bertz CT molecular complexity index is 912. The van der Waals surface area contributed by atoms with Gasteiger partial charge >= 0.3 is 11.9 Å². The molecule has 0 spiro atoms. The molecule has 0 radical (unpaired) electrons. The number of nitrogens with one attached hydrogen (secondary N) is 1. The van der Waals surface area contributed by atoms with Crippen LogP contribution in [0, 0.1) is 0 Å². The number of benzene rings is 1. The molecule has 0 aliphatic heterocycles. The van der Waals surface area contributed by atoms with Crippen LogP contribution in [0.25, 0.3) is 0 Å². The molecule has 1 fully saturated rings. The molecule has 9 nitrogen and oxygen atoms in total. The third kappa shape index (κ3) is 5.55. The third-order valence-electron chi connectivity index (χ3n) is 5.36. The van der Waals surface area contributed by atoms with Crippen LogP contribution in [0.5, 0.6) is 11.5 Å². The van der Waals surface area contributed by atoms with E-state index in [2.05, 4.69) is 10.5 Å². The summed E-state index contributed by atoms with van der Waals surface area (Å²) in [5, 5.41) is 0. The Hall–Kier alpha value is -3.07. The Labute approximate surface area is 181 Å². The van der Waals surface area contributed by atoms with Gasteiger partial charge in [-0.25, -0.2) is 9.78 Å². The summed E-state index contributed by atoms with van der Waals surface area (Å²) in [6.07, 6.45) is 4.93. The van der Waals surface area contributed by atoms with E-state index in [0.29, 0.717) is 37.4 Å². The SMILES string of the molecule is CCOc1cc(C2CC(OC(C)=O)CCC2NOC(=O)c2nccn2C)ccc1OC. The summed E-state index contributed by atoms with van der Waals surface area (Å²) >= 11 is 0. The monoisotopic (exact) mass is 431 g/mol. The highest BCUT2D eigenvalue weighted by molar-refractivity contribution is 5.85. The van der Waals surface area contributed by atoms with Crippen molar-refractivity contribution in [2.24, 2.45) is 7.05 Å². The number of esters is 1.